The smallest absolute Gasteiger partial charge is 0.339 e. The van der Waals surface area contributed by atoms with E-state index in [1.54, 1.807) is 6.26 Å². The molecule has 122 valence electrons. The normalized spacial score (nSPS) is 11.0. The number of nitro benzene ring substituents is 1. The second kappa shape index (κ2) is 8.08. The number of carbonyl (C=O) groups excluding carboxylic acids is 2. The number of carboxylic acids is 1. The summed E-state index contributed by atoms with van der Waals surface area (Å²) >= 11 is 1.24. The van der Waals surface area contributed by atoms with E-state index in [1.807, 2.05) is 0 Å². The van der Waals surface area contributed by atoms with Gasteiger partial charge in [0.05, 0.1) is 4.92 Å². The van der Waals surface area contributed by atoms with E-state index in [9.17, 15) is 24.5 Å². The van der Waals surface area contributed by atoms with Gasteiger partial charge in [0, 0.05) is 24.0 Å². The Morgan fingerprint density at radius 2 is 2.04 bits per heavy atom. The monoisotopic (exact) mass is 339 g/mol. The Labute approximate surface area is 135 Å². The van der Waals surface area contributed by atoms with Gasteiger partial charge < -0.3 is 9.84 Å². The number of benzene rings is 1. The summed E-state index contributed by atoms with van der Waals surface area (Å²) in [6.07, 6.45) is 2.74. The second-order valence-electron chi connectivity index (χ2n) is 4.25. The molecular formula is C14H13NO7S. The average Bonchev–Trinajstić information content (AvgIpc) is 2.49. The molecule has 0 fully saturated rings. The lowest BCUT2D eigenvalue weighted by molar-refractivity contribution is -0.384. The number of carbonyl (C=O) groups is 3. The SMILES string of the molecule is CSc1ccc([N+](=O)[O-])cc1/C=C(\C(=O)O)C(=O)COC(C)=O. The number of Topliss-reactive ketones (excluding diaryl/α,β-unsaturated/α-hetero) is 1. The molecule has 0 unspecified atom stereocenters. The summed E-state index contributed by atoms with van der Waals surface area (Å²) in [5.41, 5.74) is -0.631. The lowest BCUT2D eigenvalue weighted by Crippen LogP contribution is -2.19. The molecule has 1 rings (SSSR count). The van der Waals surface area contributed by atoms with Gasteiger partial charge in [-0.15, -0.1) is 11.8 Å². The van der Waals surface area contributed by atoms with Gasteiger partial charge in [-0.2, -0.15) is 0 Å². The average molecular weight is 339 g/mol. The molecule has 0 saturated heterocycles. The third-order valence-corrected chi connectivity index (χ3v) is 3.47. The van der Waals surface area contributed by atoms with Crippen molar-refractivity contribution in [3.63, 3.8) is 0 Å². The number of thioether (sulfide) groups is 1. The van der Waals surface area contributed by atoms with E-state index in [0.717, 1.165) is 13.0 Å². The molecule has 0 aliphatic heterocycles. The molecule has 0 heterocycles. The maximum Gasteiger partial charge on any atom is 0.339 e. The molecule has 0 radical (unpaired) electrons. The number of ether oxygens (including phenoxy) is 1. The van der Waals surface area contributed by atoms with Crippen molar-refractivity contribution >= 4 is 41.2 Å². The van der Waals surface area contributed by atoms with Crippen LogP contribution in [0.15, 0.2) is 28.7 Å². The molecule has 0 aromatic heterocycles. The fourth-order valence-corrected chi connectivity index (χ4v) is 2.17. The minimum Gasteiger partial charge on any atom is -0.478 e. The Bertz CT molecular complexity index is 696. The van der Waals surface area contributed by atoms with E-state index in [0.29, 0.717) is 4.90 Å². The number of nitro groups is 1. The Balaban J connectivity index is 3.28. The molecule has 23 heavy (non-hydrogen) atoms. The molecule has 0 saturated carbocycles. The van der Waals surface area contributed by atoms with Crippen molar-refractivity contribution in [1.82, 2.24) is 0 Å². The van der Waals surface area contributed by atoms with E-state index < -0.39 is 34.8 Å². The first-order chi connectivity index (χ1) is 10.8. The lowest BCUT2D eigenvalue weighted by atomic mass is 10.1. The molecule has 0 bridgehead atoms. The van der Waals surface area contributed by atoms with Crippen LogP contribution in [-0.2, 0) is 19.1 Å². The molecule has 1 aromatic rings. The van der Waals surface area contributed by atoms with Crippen LogP contribution in [0.2, 0.25) is 0 Å². The van der Waals surface area contributed by atoms with Crippen molar-refractivity contribution in [3.8, 4) is 0 Å². The minimum absolute atomic E-state index is 0.222. The Morgan fingerprint density at radius 3 is 2.52 bits per heavy atom. The quantitative estimate of drug-likeness (QED) is 0.152. The van der Waals surface area contributed by atoms with Gasteiger partial charge >= 0.3 is 11.9 Å². The van der Waals surface area contributed by atoms with Crippen molar-refractivity contribution in [3.05, 3.63) is 39.4 Å². The Kier molecular flexibility index (Phi) is 6.46. The first-order valence-corrected chi connectivity index (χ1v) is 7.42. The van der Waals surface area contributed by atoms with Crippen LogP contribution >= 0.6 is 11.8 Å². The standard InChI is InChI=1S/C14H13NO7S/c1-8(16)22-7-12(17)11(14(18)19)6-9-5-10(15(20)21)3-4-13(9)23-2/h3-6H,7H2,1-2H3,(H,18,19)/b11-6-. The molecule has 8 nitrogen and oxygen atoms in total. The number of aliphatic carboxylic acids is 1. The van der Waals surface area contributed by atoms with Crippen molar-refractivity contribution in [2.24, 2.45) is 0 Å². The number of nitrogens with zero attached hydrogens (tertiary/aromatic N) is 1. The van der Waals surface area contributed by atoms with E-state index in [1.165, 1.54) is 30.0 Å². The van der Waals surface area contributed by atoms with Crippen LogP contribution in [0, 0.1) is 10.1 Å². The predicted octanol–water partition coefficient (Wildman–Crippen LogP) is 1.92. The van der Waals surface area contributed by atoms with Gasteiger partial charge in [0.2, 0.25) is 5.78 Å². The zero-order valence-electron chi connectivity index (χ0n) is 12.3. The summed E-state index contributed by atoms with van der Waals surface area (Å²) in [7, 11) is 0. The van der Waals surface area contributed by atoms with Crippen LogP contribution in [0.1, 0.15) is 12.5 Å². The minimum atomic E-state index is -1.51. The molecule has 9 heteroatoms. The summed E-state index contributed by atoms with van der Waals surface area (Å²) in [5, 5.41) is 20.0. The van der Waals surface area contributed by atoms with Crippen molar-refractivity contribution in [2.45, 2.75) is 11.8 Å². The number of hydrogen-bond donors (Lipinski definition) is 1. The molecule has 0 aliphatic carbocycles. The zero-order valence-corrected chi connectivity index (χ0v) is 13.1. The van der Waals surface area contributed by atoms with Crippen molar-refractivity contribution < 1.29 is 29.2 Å². The van der Waals surface area contributed by atoms with E-state index in [4.69, 9.17) is 5.11 Å². The maximum absolute atomic E-state index is 11.8. The van der Waals surface area contributed by atoms with E-state index in [2.05, 4.69) is 4.74 Å². The molecular weight excluding hydrogens is 326 g/mol. The summed E-state index contributed by atoms with van der Waals surface area (Å²) in [6, 6.07) is 3.92. The van der Waals surface area contributed by atoms with Crippen LogP contribution in [0.4, 0.5) is 5.69 Å². The van der Waals surface area contributed by atoms with Crippen LogP contribution in [0.25, 0.3) is 6.08 Å². The second-order valence-corrected chi connectivity index (χ2v) is 5.10. The molecule has 0 amide bonds. The number of hydrogen-bond acceptors (Lipinski definition) is 7. The zero-order chi connectivity index (χ0) is 17.6. The number of non-ortho nitro benzene ring substituents is 1. The van der Waals surface area contributed by atoms with E-state index in [-0.39, 0.29) is 11.3 Å². The van der Waals surface area contributed by atoms with Crippen LogP contribution in [-0.4, -0.2) is 40.6 Å². The summed E-state index contributed by atoms with van der Waals surface area (Å²) in [4.78, 5) is 44.5. The van der Waals surface area contributed by atoms with Gasteiger partial charge in [0.25, 0.3) is 5.69 Å². The predicted molar refractivity (Wildman–Crippen MR) is 82.1 cm³/mol. The van der Waals surface area contributed by atoms with Gasteiger partial charge in [-0.05, 0) is 24.0 Å². The third-order valence-electron chi connectivity index (χ3n) is 2.66. The van der Waals surface area contributed by atoms with Gasteiger partial charge in [0.1, 0.15) is 5.57 Å². The van der Waals surface area contributed by atoms with Gasteiger partial charge in [-0.25, -0.2) is 4.79 Å². The van der Waals surface area contributed by atoms with Gasteiger partial charge in [-0.3, -0.25) is 19.7 Å². The topological polar surface area (TPSA) is 124 Å². The highest BCUT2D eigenvalue weighted by atomic mass is 32.2. The molecule has 0 atom stereocenters. The summed E-state index contributed by atoms with van der Waals surface area (Å²) < 4.78 is 4.48. The first-order valence-electron chi connectivity index (χ1n) is 6.20. The molecule has 1 aromatic carbocycles. The lowest BCUT2D eigenvalue weighted by Gasteiger charge is -2.06. The molecule has 1 N–H and O–H groups in total. The number of ketones is 1. The largest absolute Gasteiger partial charge is 0.478 e. The highest BCUT2D eigenvalue weighted by Crippen LogP contribution is 2.27. The van der Waals surface area contributed by atoms with Gasteiger partial charge in [0.15, 0.2) is 6.61 Å². The maximum atomic E-state index is 11.8. The molecule has 0 aliphatic rings. The van der Waals surface area contributed by atoms with Crippen LogP contribution in [0.5, 0.6) is 0 Å². The fraction of sp³-hybridized carbons (Fsp3) is 0.214. The number of rotatable bonds is 7. The highest BCUT2D eigenvalue weighted by Gasteiger charge is 2.20. The van der Waals surface area contributed by atoms with Crippen molar-refractivity contribution in [2.75, 3.05) is 12.9 Å². The van der Waals surface area contributed by atoms with Gasteiger partial charge in [-0.1, -0.05) is 0 Å². The summed E-state index contributed by atoms with van der Waals surface area (Å²) in [5.74, 6) is -3.14. The van der Waals surface area contributed by atoms with E-state index >= 15 is 0 Å². The fourth-order valence-electron chi connectivity index (χ4n) is 1.61. The third kappa shape index (κ3) is 5.22. The van der Waals surface area contributed by atoms with Crippen LogP contribution < -0.4 is 0 Å². The molecule has 0 spiro atoms. The Hall–Kier alpha value is -2.68. The number of esters is 1. The first kappa shape index (κ1) is 18.4. The van der Waals surface area contributed by atoms with Crippen LogP contribution in [0.3, 0.4) is 0 Å². The van der Waals surface area contributed by atoms with Crippen molar-refractivity contribution in [1.29, 1.82) is 0 Å². The number of carboxylic acid groups (broad SMARTS) is 1. The Morgan fingerprint density at radius 1 is 1.39 bits per heavy atom. The summed E-state index contributed by atoms with van der Waals surface area (Å²) in [6.45, 7) is 0.376. The highest BCUT2D eigenvalue weighted by molar-refractivity contribution is 7.98.